The molecule has 0 saturated heterocycles. The number of benzene rings is 2. The molecule has 88 valence electrons. The van der Waals surface area contributed by atoms with Gasteiger partial charge in [0.05, 0.1) is 5.69 Å². The predicted molar refractivity (Wildman–Crippen MR) is 74.6 cm³/mol. The van der Waals surface area contributed by atoms with E-state index in [-0.39, 0.29) is 0 Å². The lowest BCUT2D eigenvalue weighted by Crippen LogP contribution is -2.04. The molecule has 0 fully saturated rings. The van der Waals surface area contributed by atoms with Crippen LogP contribution in [0.15, 0.2) is 59.6 Å². The van der Waals surface area contributed by atoms with Gasteiger partial charge in [-0.1, -0.05) is 42.5 Å². The molecule has 2 aromatic carbocycles. The summed E-state index contributed by atoms with van der Waals surface area (Å²) in [6.45, 7) is 1.87. The van der Waals surface area contributed by atoms with Gasteiger partial charge in [-0.2, -0.15) is 0 Å². The van der Waals surface area contributed by atoms with Crippen molar-refractivity contribution in [2.75, 3.05) is 0 Å². The van der Waals surface area contributed by atoms with Crippen molar-refractivity contribution in [2.24, 2.45) is 4.99 Å². The number of fused-ring (bicyclic) bond motifs is 1. The van der Waals surface area contributed by atoms with Crippen LogP contribution in [0.25, 0.3) is 11.8 Å². The average molecular weight is 235 g/mol. The van der Waals surface area contributed by atoms with Crippen molar-refractivity contribution in [1.29, 1.82) is 0 Å². The van der Waals surface area contributed by atoms with Crippen LogP contribution in [0.5, 0.6) is 0 Å². The van der Waals surface area contributed by atoms with Crippen LogP contribution < -0.4 is 0 Å². The van der Waals surface area contributed by atoms with Gasteiger partial charge in [0.2, 0.25) is 0 Å². The lowest BCUT2D eigenvalue weighted by atomic mass is 10.1. The highest BCUT2D eigenvalue weighted by molar-refractivity contribution is 5.94. The molecule has 0 amide bonds. The van der Waals surface area contributed by atoms with Crippen molar-refractivity contribution in [2.45, 2.75) is 6.92 Å². The summed E-state index contributed by atoms with van der Waals surface area (Å²) < 4.78 is 5.73. The molecule has 0 spiro atoms. The first-order chi connectivity index (χ1) is 8.83. The Balaban J connectivity index is 2.09. The molecule has 0 saturated carbocycles. The number of aliphatic imine (C=N–C) groups is 1. The van der Waals surface area contributed by atoms with E-state index < -0.39 is 0 Å². The van der Waals surface area contributed by atoms with Gasteiger partial charge in [-0.25, -0.2) is 4.99 Å². The Morgan fingerprint density at radius 3 is 2.50 bits per heavy atom. The summed E-state index contributed by atoms with van der Waals surface area (Å²) in [6, 6.07) is 18.2. The Morgan fingerprint density at radius 1 is 0.944 bits per heavy atom. The highest BCUT2D eigenvalue weighted by Crippen LogP contribution is 2.32. The zero-order chi connectivity index (χ0) is 12.4. The summed E-state index contributed by atoms with van der Waals surface area (Å²) >= 11 is 0. The second-order valence-corrected chi connectivity index (χ2v) is 4.17. The van der Waals surface area contributed by atoms with E-state index in [4.69, 9.17) is 4.74 Å². The van der Waals surface area contributed by atoms with E-state index in [1.807, 2.05) is 55.5 Å². The van der Waals surface area contributed by atoms with Gasteiger partial charge in [-0.05, 0) is 23.8 Å². The monoisotopic (exact) mass is 235 g/mol. The van der Waals surface area contributed by atoms with Crippen molar-refractivity contribution in [3.05, 3.63) is 65.7 Å². The first kappa shape index (κ1) is 10.8. The maximum absolute atomic E-state index is 5.73. The Morgan fingerprint density at radius 2 is 1.67 bits per heavy atom. The number of hydrogen-bond acceptors (Lipinski definition) is 2. The summed E-state index contributed by atoms with van der Waals surface area (Å²) in [4.78, 5) is 4.39. The van der Waals surface area contributed by atoms with Crippen molar-refractivity contribution in [3.63, 3.8) is 0 Å². The molecule has 2 aromatic rings. The van der Waals surface area contributed by atoms with Crippen LogP contribution in [-0.4, -0.2) is 5.90 Å². The third-order valence-corrected chi connectivity index (χ3v) is 2.80. The fraction of sp³-hybridized carbons (Fsp3) is 0.0625. The molecule has 2 heteroatoms. The quantitative estimate of drug-likeness (QED) is 0.723. The van der Waals surface area contributed by atoms with E-state index in [1.54, 1.807) is 0 Å². The minimum atomic E-state index is 0.677. The van der Waals surface area contributed by atoms with Gasteiger partial charge in [0, 0.05) is 12.5 Å². The third kappa shape index (κ3) is 2.05. The van der Waals surface area contributed by atoms with Crippen LogP contribution in [0, 0.1) is 0 Å². The van der Waals surface area contributed by atoms with E-state index in [1.165, 1.54) is 0 Å². The Labute approximate surface area is 106 Å². The van der Waals surface area contributed by atoms with Crippen molar-refractivity contribution < 1.29 is 4.74 Å². The standard InChI is InChI=1S/C16H13NO/c1-12-17-15-10-6-5-9-14(15)16(18-12)11-13-7-3-2-4-8-13/h2-11H,1H3/b16-11+. The van der Waals surface area contributed by atoms with Gasteiger partial charge in [0.25, 0.3) is 0 Å². The number of hydrogen-bond donors (Lipinski definition) is 0. The largest absolute Gasteiger partial charge is 0.443 e. The molecule has 1 aliphatic rings. The van der Waals surface area contributed by atoms with E-state index >= 15 is 0 Å². The van der Waals surface area contributed by atoms with E-state index in [0.29, 0.717) is 5.90 Å². The summed E-state index contributed by atoms with van der Waals surface area (Å²) in [5, 5.41) is 0. The van der Waals surface area contributed by atoms with E-state index in [9.17, 15) is 0 Å². The van der Waals surface area contributed by atoms with Crippen LogP contribution in [0.4, 0.5) is 5.69 Å². The van der Waals surface area contributed by atoms with Crippen LogP contribution >= 0.6 is 0 Å². The molecule has 0 N–H and O–H groups in total. The molecule has 18 heavy (non-hydrogen) atoms. The first-order valence-corrected chi connectivity index (χ1v) is 5.92. The van der Waals surface area contributed by atoms with Crippen LogP contribution in [0.2, 0.25) is 0 Å². The van der Waals surface area contributed by atoms with Crippen molar-refractivity contribution in [3.8, 4) is 0 Å². The molecule has 0 atom stereocenters. The van der Waals surface area contributed by atoms with Crippen LogP contribution in [0.3, 0.4) is 0 Å². The molecular formula is C16H13NO. The molecule has 1 heterocycles. The molecule has 3 rings (SSSR count). The number of para-hydroxylation sites is 1. The maximum Gasteiger partial charge on any atom is 0.192 e. The van der Waals surface area contributed by atoms with Crippen LogP contribution in [-0.2, 0) is 4.74 Å². The van der Waals surface area contributed by atoms with Gasteiger partial charge >= 0.3 is 0 Å². The second-order valence-electron chi connectivity index (χ2n) is 4.17. The average Bonchev–Trinajstić information content (AvgIpc) is 2.40. The third-order valence-electron chi connectivity index (χ3n) is 2.80. The lowest BCUT2D eigenvalue weighted by molar-refractivity contribution is 0.501. The molecular weight excluding hydrogens is 222 g/mol. The van der Waals surface area contributed by atoms with Gasteiger partial charge in [-0.3, -0.25) is 0 Å². The summed E-state index contributed by atoms with van der Waals surface area (Å²) in [7, 11) is 0. The molecule has 0 aromatic heterocycles. The lowest BCUT2D eigenvalue weighted by Gasteiger charge is -2.17. The summed E-state index contributed by atoms with van der Waals surface area (Å²) in [6.07, 6.45) is 2.04. The van der Waals surface area contributed by atoms with Crippen LogP contribution in [0.1, 0.15) is 18.1 Å². The SMILES string of the molecule is CC1=Nc2ccccc2/C(=C\c2ccccc2)O1. The zero-order valence-electron chi connectivity index (χ0n) is 10.1. The van der Waals surface area contributed by atoms with E-state index in [0.717, 1.165) is 22.6 Å². The topological polar surface area (TPSA) is 21.6 Å². The fourth-order valence-corrected chi connectivity index (χ4v) is 1.99. The molecule has 0 aliphatic carbocycles. The Bertz CT molecular complexity index is 627. The Kier molecular flexibility index (Phi) is 2.69. The molecule has 0 radical (unpaired) electrons. The van der Waals surface area contributed by atoms with Gasteiger partial charge in [-0.15, -0.1) is 0 Å². The Hall–Kier alpha value is -2.35. The van der Waals surface area contributed by atoms with E-state index in [2.05, 4.69) is 17.1 Å². The normalized spacial score (nSPS) is 15.8. The summed E-state index contributed by atoms with van der Waals surface area (Å²) in [5.41, 5.74) is 3.12. The molecule has 0 bridgehead atoms. The smallest absolute Gasteiger partial charge is 0.192 e. The minimum absolute atomic E-state index is 0.677. The second kappa shape index (κ2) is 4.49. The van der Waals surface area contributed by atoms with Gasteiger partial charge in [0.15, 0.2) is 5.90 Å². The van der Waals surface area contributed by atoms with Crippen molar-refractivity contribution in [1.82, 2.24) is 0 Å². The molecule has 1 aliphatic heterocycles. The number of rotatable bonds is 1. The number of ether oxygens (including phenoxy) is 1. The molecule has 2 nitrogen and oxygen atoms in total. The summed E-state index contributed by atoms with van der Waals surface area (Å²) in [5.74, 6) is 1.53. The highest BCUT2D eigenvalue weighted by atomic mass is 16.5. The zero-order valence-corrected chi connectivity index (χ0v) is 10.1. The van der Waals surface area contributed by atoms with Gasteiger partial charge < -0.3 is 4.74 Å². The first-order valence-electron chi connectivity index (χ1n) is 5.92. The maximum atomic E-state index is 5.73. The predicted octanol–water partition coefficient (Wildman–Crippen LogP) is 4.26. The number of nitrogens with zero attached hydrogens (tertiary/aromatic N) is 1. The van der Waals surface area contributed by atoms with Gasteiger partial charge in [0.1, 0.15) is 5.76 Å². The highest BCUT2D eigenvalue weighted by Gasteiger charge is 2.15. The minimum Gasteiger partial charge on any atom is -0.443 e. The molecule has 0 unspecified atom stereocenters. The van der Waals surface area contributed by atoms with Crippen molar-refractivity contribution >= 4 is 23.4 Å². The fourth-order valence-electron chi connectivity index (χ4n) is 1.99.